The zero-order valence-corrected chi connectivity index (χ0v) is 11.9. The monoisotopic (exact) mass is 286 g/mol. The quantitative estimate of drug-likeness (QED) is 0.907. The van der Waals surface area contributed by atoms with Gasteiger partial charge < -0.3 is 10.1 Å². The molecule has 0 aromatic heterocycles. The van der Waals surface area contributed by atoms with E-state index in [0.29, 0.717) is 10.6 Å². The molecule has 0 saturated carbocycles. The molecular weight excluding hydrogens is 272 g/mol. The van der Waals surface area contributed by atoms with Crippen molar-refractivity contribution < 1.29 is 4.74 Å². The van der Waals surface area contributed by atoms with Crippen LogP contribution in [0.25, 0.3) is 0 Å². The Morgan fingerprint density at radius 2 is 1.95 bits per heavy atom. The Balaban J connectivity index is 1.94. The molecule has 1 N–H and O–H groups in total. The molecular formula is C16H15ClN2O. The van der Waals surface area contributed by atoms with Gasteiger partial charge in [-0.25, -0.2) is 0 Å². The molecule has 2 rings (SSSR count). The zero-order chi connectivity index (χ0) is 14.4. The second-order valence-electron chi connectivity index (χ2n) is 4.33. The van der Waals surface area contributed by atoms with Gasteiger partial charge in [0.1, 0.15) is 11.8 Å². The van der Waals surface area contributed by atoms with Crippen molar-refractivity contribution in [1.29, 1.82) is 5.26 Å². The van der Waals surface area contributed by atoms with Crippen LogP contribution >= 0.6 is 11.6 Å². The summed E-state index contributed by atoms with van der Waals surface area (Å²) in [5.74, 6) is 0.853. The minimum Gasteiger partial charge on any atom is -0.497 e. The molecule has 0 atom stereocenters. The number of ether oxygens (including phenoxy) is 1. The second-order valence-corrected chi connectivity index (χ2v) is 4.76. The molecule has 20 heavy (non-hydrogen) atoms. The highest BCUT2D eigenvalue weighted by molar-refractivity contribution is 6.30. The molecule has 0 bridgehead atoms. The van der Waals surface area contributed by atoms with Crippen molar-refractivity contribution in [3.05, 3.63) is 58.6 Å². The van der Waals surface area contributed by atoms with Crippen molar-refractivity contribution >= 4 is 17.3 Å². The van der Waals surface area contributed by atoms with Crippen LogP contribution in [0.2, 0.25) is 5.02 Å². The van der Waals surface area contributed by atoms with Gasteiger partial charge in [-0.3, -0.25) is 0 Å². The lowest BCUT2D eigenvalue weighted by atomic mass is 10.1. The van der Waals surface area contributed by atoms with Gasteiger partial charge in [-0.1, -0.05) is 23.7 Å². The third-order valence-corrected chi connectivity index (χ3v) is 3.23. The Morgan fingerprint density at radius 1 is 1.20 bits per heavy atom. The minimum absolute atomic E-state index is 0.562. The van der Waals surface area contributed by atoms with E-state index in [1.54, 1.807) is 19.2 Å². The normalized spacial score (nSPS) is 9.85. The van der Waals surface area contributed by atoms with E-state index in [1.807, 2.05) is 30.3 Å². The average molecular weight is 287 g/mol. The zero-order valence-electron chi connectivity index (χ0n) is 11.2. The van der Waals surface area contributed by atoms with Gasteiger partial charge in [0.15, 0.2) is 0 Å². The van der Waals surface area contributed by atoms with Crippen LogP contribution < -0.4 is 10.1 Å². The van der Waals surface area contributed by atoms with Crippen molar-refractivity contribution in [1.82, 2.24) is 0 Å². The highest BCUT2D eigenvalue weighted by Gasteiger charge is 2.02. The number of anilines is 1. The van der Waals surface area contributed by atoms with Gasteiger partial charge in [-0.2, -0.15) is 5.26 Å². The predicted octanol–water partition coefficient (Wildman–Crippen LogP) is 3.87. The van der Waals surface area contributed by atoms with E-state index in [-0.39, 0.29) is 0 Å². The first-order valence-electron chi connectivity index (χ1n) is 6.29. The summed E-state index contributed by atoms with van der Waals surface area (Å²) in [5.41, 5.74) is 2.59. The van der Waals surface area contributed by atoms with E-state index in [4.69, 9.17) is 21.6 Å². The Bertz CT molecular complexity index is 617. The number of hydrogen-bond donors (Lipinski definition) is 1. The van der Waals surface area contributed by atoms with E-state index in [2.05, 4.69) is 11.4 Å². The molecule has 2 aromatic carbocycles. The van der Waals surface area contributed by atoms with Gasteiger partial charge in [0.2, 0.25) is 0 Å². The fourth-order valence-electron chi connectivity index (χ4n) is 1.90. The number of rotatable bonds is 5. The van der Waals surface area contributed by atoms with Gasteiger partial charge in [0, 0.05) is 11.6 Å². The summed E-state index contributed by atoms with van der Waals surface area (Å²) >= 11 is 5.86. The number of hydrogen-bond acceptors (Lipinski definition) is 3. The topological polar surface area (TPSA) is 45.0 Å². The minimum atomic E-state index is 0.562. The first-order chi connectivity index (χ1) is 9.72. The van der Waals surface area contributed by atoms with E-state index >= 15 is 0 Å². The predicted molar refractivity (Wildman–Crippen MR) is 81.4 cm³/mol. The van der Waals surface area contributed by atoms with E-state index in [0.717, 1.165) is 24.4 Å². The first-order valence-corrected chi connectivity index (χ1v) is 6.67. The molecule has 0 aliphatic carbocycles. The number of halogens is 1. The highest BCUT2D eigenvalue weighted by atomic mass is 35.5. The number of nitrogens with zero attached hydrogens (tertiary/aromatic N) is 1. The van der Waals surface area contributed by atoms with Gasteiger partial charge in [0.05, 0.1) is 18.4 Å². The Hall–Kier alpha value is -2.18. The first kappa shape index (κ1) is 14.2. The molecule has 0 saturated heterocycles. The van der Waals surface area contributed by atoms with Crippen LogP contribution in [-0.2, 0) is 6.42 Å². The number of benzene rings is 2. The lowest BCUT2D eigenvalue weighted by molar-refractivity contribution is 0.414. The smallest absolute Gasteiger partial charge is 0.118 e. The van der Waals surface area contributed by atoms with Crippen LogP contribution in [0.3, 0.4) is 0 Å². The van der Waals surface area contributed by atoms with Crippen LogP contribution in [0, 0.1) is 11.3 Å². The Kier molecular flexibility index (Phi) is 4.86. The summed E-state index contributed by atoms with van der Waals surface area (Å²) < 4.78 is 5.12. The molecule has 0 heterocycles. The maximum absolute atomic E-state index is 9.05. The summed E-state index contributed by atoms with van der Waals surface area (Å²) in [6.07, 6.45) is 0.873. The molecule has 0 fully saturated rings. The summed E-state index contributed by atoms with van der Waals surface area (Å²) in [6, 6.07) is 15.4. The largest absolute Gasteiger partial charge is 0.497 e. The Labute approximate surface area is 123 Å². The van der Waals surface area contributed by atoms with Crippen molar-refractivity contribution in [2.24, 2.45) is 0 Å². The van der Waals surface area contributed by atoms with Gasteiger partial charge >= 0.3 is 0 Å². The average Bonchev–Trinajstić information content (AvgIpc) is 2.49. The van der Waals surface area contributed by atoms with Gasteiger partial charge in [-0.05, 0) is 42.3 Å². The van der Waals surface area contributed by atoms with Gasteiger partial charge in [0.25, 0.3) is 0 Å². The van der Waals surface area contributed by atoms with E-state index in [9.17, 15) is 0 Å². The number of nitriles is 1. The maximum Gasteiger partial charge on any atom is 0.118 e. The molecule has 2 aromatic rings. The van der Waals surface area contributed by atoms with Crippen molar-refractivity contribution in [2.45, 2.75) is 6.42 Å². The van der Waals surface area contributed by atoms with Crippen LogP contribution in [0.15, 0.2) is 42.5 Å². The molecule has 0 aliphatic rings. The SMILES string of the molecule is COc1ccc(CCNc2ccc(Cl)cc2C#N)cc1. The van der Waals surface area contributed by atoms with Crippen LogP contribution in [-0.4, -0.2) is 13.7 Å². The second kappa shape index (κ2) is 6.83. The van der Waals surface area contributed by atoms with E-state index in [1.165, 1.54) is 5.56 Å². The lowest BCUT2D eigenvalue weighted by Gasteiger charge is -2.09. The van der Waals surface area contributed by atoms with Crippen LogP contribution in [0.4, 0.5) is 5.69 Å². The fraction of sp³-hybridized carbons (Fsp3) is 0.188. The van der Waals surface area contributed by atoms with Crippen molar-refractivity contribution in [2.75, 3.05) is 19.0 Å². The van der Waals surface area contributed by atoms with E-state index < -0.39 is 0 Å². The highest BCUT2D eigenvalue weighted by Crippen LogP contribution is 2.20. The third kappa shape index (κ3) is 3.66. The third-order valence-electron chi connectivity index (χ3n) is 2.99. The molecule has 0 amide bonds. The molecule has 102 valence electrons. The van der Waals surface area contributed by atoms with Gasteiger partial charge in [-0.15, -0.1) is 0 Å². The molecule has 4 heteroatoms. The summed E-state index contributed by atoms with van der Waals surface area (Å²) in [5, 5.41) is 12.9. The molecule has 3 nitrogen and oxygen atoms in total. The van der Waals surface area contributed by atoms with Crippen LogP contribution in [0.1, 0.15) is 11.1 Å². The summed E-state index contributed by atoms with van der Waals surface area (Å²) in [4.78, 5) is 0. The number of methoxy groups -OCH3 is 1. The molecule has 0 unspecified atom stereocenters. The molecule has 0 aliphatic heterocycles. The lowest BCUT2D eigenvalue weighted by Crippen LogP contribution is -2.06. The van der Waals surface area contributed by atoms with Crippen LogP contribution in [0.5, 0.6) is 5.75 Å². The summed E-state index contributed by atoms with van der Waals surface area (Å²) in [6.45, 7) is 0.753. The summed E-state index contributed by atoms with van der Waals surface area (Å²) in [7, 11) is 1.65. The standard InChI is InChI=1S/C16H15ClN2O/c1-20-15-5-2-12(3-6-15)8-9-19-16-7-4-14(17)10-13(16)11-18/h2-7,10,19H,8-9H2,1H3. The number of nitrogens with one attached hydrogen (secondary N) is 1. The Morgan fingerprint density at radius 3 is 2.60 bits per heavy atom. The van der Waals surface area contributed by atoms with Crippen molar-refractivity contribution in [3.8, 4) is 11.8 Å². The van der Waals surface area contributed by atoms with Crippen molar-refractivity contribution in [3.63, 3.8) is 0 Å². The molecule has 0 radical (unpaired) electrons. The maximum atomic E-state index is 9.05. The fourth-order valence-corrected chi connectivity index (χ4v) is 2.07. The molecule has 0 spiro atoms.